The van der Waals surface area contributed by atoms with Gasteiger partial charge in [0.05, 0.1) is 12.7 Å². The molecule has 0 spiro atoms. The van der Waals surface area contributed by atoms with Crippen LogP contribution in [0.3, 0.4) is 0 Å². The van der Waals surface area contributed by atoms with Crippen LogP contribution in [0.15, 0.2) is 46.9 Å². The molecule has 0 bridgehead atoms. The summed E-state index contributed by atoms with van der Waals surface area (Å²) in [4.78, 5) is 11.9. The van der Waals surface area contributed by atoms with E-state index in [0.29, 0.717) is 5.56 Å². The lowest BCUT2D eigenvalue weighted by atomic mass is 10.2. The van der Waals surface area contributed by atoms with Crippen molar-refractivity contribution in [3.05, 3.63) is 58.1 Å². The van der Waals surface area contributed by atoms with Crippen molar-refractivity contribution in [3.63, 3.8) is 0 Å². The van der Waals surface area contributed by atoms with E-state index in [-0.39, 0.29) is 18.1 Å². The number of phenols is 1. The summed E-state index contributed by atoms with van der Waals surface area (Å²) in [6.45, 7) is 0.190. The largest absolute Gasteiger partial charge is 0.504 e. The molecule has 2 aromatic carbocycles. The minimum atomic E-state index is -0.466. The Balaban J connectivity index is 2.03. The molecule has 0 fully saturated rings. The zero-order valence-electron chi connectivity index (χ0n) is 10.8. The number of ether oxygens (including phenoxy) is 2. The van der Waals surface area contributed by atoms with E-state index >= 15 is 0 Å². The van der Waals surface area contributed by atoms with Crippen molar-refractivity contribution < 1.29 is 19.4 Å². The molecule has 20 heavy (non-hydrogen) atoms. The summed E-state index contributed by atoms with van der Waals surface area (Å²) in [5.74, 6) is -0.244. The molecule has 0 atom stereocenters. The molecule has 104 valence electrons. The van der Waals surface area contributed by atoms with Crippen LogP contribution in [0.1, 0.15) is 15.9 Å². The topological polar surface area (TPSA) is 55.8 Å². The first-order valence-corrected chi connectivity index (χ1v) is 6.68. The minimum absolute atomic E-state index is 0.0167. The lowest BCUT2D eigenvalue weighted by molar-refractivity contribution is 0.0472. The van der Waals surface area contributed by atoms with Gasteiger partial charge in [0.25, 0.3) is 0 Å². The Hall–Kier alpha value is -2.01. The molecule has 4 nitrogen and oxygen atoms in total. The molecule has 0 unspecified atom stereocenters. The predicted molar refractivity (Wildman–Crippen MR) is 77.9 cm³/mol. The summed E-state index contributed by atoms with van der Waals surface area (Å²) < 4.78 is 11.1. The summed E-state index contributed by atoms with van der Waals surface area (Å²) in [7, 11) is 1.42. The van der Waals surface area contributed by atoms with Crippen LogP contribution in [0.2, 0.25) is 0 Å². The van der Waals surface area contributed by atoms with Crippen molar-refractivity contribution in [2.24, 2.45) is 0 Å². The lowest BCUT2D eigenvalue weighted by Crippen LogP contribution is -2.05. The first-order chi connectivity index (χ1) is 9.60. The van der Waals surface area contributed by atoms with Gasteiger partial charge in [-0.25, -0.2) is 4.79 Å². The van der Waals surface area contributed by atoms with E-state index in [2.05, 4.69) is 15.9 Å². The van der Waals surface area contributed by atoms with Crippen LogP contribution in [0.4, 0.5) is 0 Å². The number of methoxy groups -OCH3 is 1. The molecule has 0 heterocycles. The zero-order chi connectivity index (χ0) is 14.5. The molecule has 5 heteroatoms. The number of rotatable bonds is 4. The highest BCUT2D eigenvalue weighted by Gasteiger charge is 2.11. The third kappa shape index (κ3) is 3.51. The Morgan fingerprint density at radius 2 is 1.90 bits per heavy atom. The van der Waals surface area contributed by atoms with Gasteiger partial charge in [-0.05, 0) is 35.9 Å². The Morgan fingerprint density at radius 3 is 2.55 bits per heavy atom. The number of hydrogen-bond acceptors (Lipinski definition) is 4. The molecular weight excluding hydrogens is 324 g/mol. The standard InChI is InChI=1S/C15H13BrO4/c1-19-14-8-11(4-7-13(14)17)15(18)20-9-10-2-5-12(16)6-3-10/h2-8,17H,9H2,1H3. The Labute approximate surface area is 125 Å². The maximum Gasteiger partial charge on any atom is 0.338 e. The van der Waals surface area contributed by atoms with Crippen molar-refractivity contribution in [2.45, 2.75) is 6.61 Å². The van der Waals surface area contributed by atoms with Gasteiger partial charge in [0.15, 0.2) is 11.5 Å². The van der Waals surface area contributed by atoms with Gasteiger partial charge in [0.2, 0.25) is 0 Å². The van der Waals surface area contributed by atoms with Gasteiger partial charge in [0.1, 0.15) is 6.61 Å². The molecule has 0 amide bonds. The summed E-state index contributed by atoms with van der Waals surface area (Å²) in [5.41, 5.74) is 1.23. The van der Waals surface area contributed by atoms with E-state index in [1.165, 1.54) is 25.3 Å². The van der Waals surface area contributed by atoms with Gasteiger partial charge in [-0.3, -0.25) is 0 Å². The predicted octanol–water partition coefficient (Wildman–Crippen LogP) is 3.52. The van der Waals surface area contributed by atoms with Gasteiger partial charge < -0.3 is 14.6 Å². The van der Waals surface area contributed by atoms with Crippen molar-refractivity contribution >= 4 is 21.9 Å². The number of hydrogen-bond donors (Lipinski definition) is 1. The second-order valence-corrected chi connectivity index (χ2v) is 5.00. The van der Waals surface area contributed by atoms with Gasteiger partial charge in [-0.2, -0.15) is 0 Å². The number of benzene rings is 2. The summed E-state index contributed by atoms with van der Waals surface area (Å²) >= 11 is 3.34. The molecule has 0 radical (unpaired) electrons. The fourth-order valence-electron chi connectivity index (χ4n) is 1.62. The Morgan fingerprint density at radius 1 is 1.20 bits per heavy atom. The molecule has 2 aromatic rings. The van der Waals surface area contributed by atoms with Crippen LogP contribution in [0.5, 0.6) is 11.5 Å². The van der Waals surface area contributed by atoms with E-state index < -0.39 is 5.97 Å². The summed E-state index contributed by atoms with van der Waals surface area (Å²) in [6, 6.07) is 11.8. The smallest absolute Gasteiger partial charge is 0.338 e. The maximum atomic E-state index is 11.9. The number of aromatic hydroxyl groups is 1. The molecular formula is C15H13BrO4. The van der Waals surface area contributed by atoms with E-state index in [0.717, 1.165) is 10.0 Å². The van der Waals surface area contributed by atoms with E-state index in [1.807, 2.05) is 24.3 Å². The second-order valence-electron chi connectivity index (χ2n) is 4.09. The van der Waals surface area contributed by atoms with Gasteiger partial charge in [0, 0.05) is 4.47 Å². The number of esters is 1. The lowest BCUT2D eigenvalue weighted by Gasteiger charge is -2.07. The maximum absolute atomic E-state index is 11.9. The number of halogens is 1. The highest BCUT2D eigenvalue weighted by atomic mass is 79.9. The molecule has 0 saturated carbocycles. The Kier molecular flexibility index (Phi) is 4.63. The molecule has 0 saturated heterocycles. The van der Waals surface area contributed by atoms with Crippen LogP contribution in [0, 0.1) is 0 Å². The van der Waals surface area contributed by atoms with Crippen molar-refractivity contribution in [2.75, 3.05) is 7.11 Å². The normalized spacial score (nSPS) is 10.1. The first kappa shape index (κ1) is 14.4. The SMILES string of the molecule is COc1cc(C(=O)OCc2ccc(Br)cc2)ccc1O. The van der Waals surface area contributed by atoms with Crippen LogP contribution in [-0.4, -0.2) is 18.2 Å². The molecule has 0 aliphatic rings. The monoisotopic (exact) mass is 336 g/mol. The van der Waals surface area contributed by atoms with Gasteiger partial charge in [-0.1, -0.05) is 28.1 Å². The zero-order valence-corrected chi connectivity index (χ0v) is 12.4. The fraction of sp³-hybridized carbons (Fsp3) is 0.133. The van der Waals surface area contributed by atoms with Crippen molar-refractivity contribution in [1.29, 1.82) is 0 Å². The van der Waals surface area contributed by atoms with Crippen molar-refractivity contribution in [1.82, 2.24) is 0 Å². The number of carbonyl (C=O) groups excluding carboxylic acids is 1. The molecule has 0 aromatic heterocycles. The highest BCUT2D eigenvalue weighted by molar-refractivity contribution is 9.10. The third-order valence-electron chi connectivity index (χ3n) is 2.70. The average Bonchev–Trinajstić information content (AvgIpc) is 2.47. The highest BCUT2D eigenvalue weighted by Crippen LogP contribution is 2.26. The quantitative estimate of drug-likeness (QED) is 0.868. The van der Waals surface area contributed by atoms with Crippen LogP contribution < -0.4 is 4.74 Å². The first-order valence-electron chi connectivity index (χ1n) is 5.88. The van der Waals surface area contributed by atoms with Crippen LogP contribution in [-0.2, 0) is 11.3 Å². The minimum Gasteiger partial charge on any atom is -0.504 e. The Bertz CT molecular complexity index is 608. The summed E-state index contributed by atoms with van der Waals surface area (Å²) in [6.07, 6.45) is 0. The summed E-state index contributed by atoms with van der Waals surface area (Å²) in [5, 5.41) is 9.47. The van der Waals surface area contributed by atoms with E-state index in [4.69, 9.17) is 9.47 Å². The van der Waals surface area contributed by atoms with Crippen LogP contribution in [0.25, 0.3) is 0 Å². The van der Waals surface area contributed by atoms with Crippen molar-refractivity contribution in [3.8, 4) is 11.5 Å². The van der Waals surface area contributed by atoms with E-state index in [1.54, 1.807) is 0 Å². The average molecular weight is 337 g/mol. The second kappa shape index (κ2) is 6.43. The molecule has 2 rings (SSSR count). The number of phenolic OH excluding ortho intramolecular Hbond substituents is 1. The van der Waals surface area contributed by atoms with Gasteiger partial charge in [-0.15, -0.1) is 0 Å². The van der Waals surface area contributed by atoms with Crippen LogP contribution >= 0.6 is 15.9 Å². The van der Waals surface area contributed by atoms with Gasteiger partial charge >= 0.3 is 5.97 Å². The molecule has 0 aliphatic carbocycles. The molecule has 0 aliphatic heterocycles. The molecule has 1 N–H and O–H groups in total. The number of carbonyl (C=O) groups is 1. The fourth-order valence-corrected chi connectivity index (χ4v) is 1.88. The third-order valence-corrected chi connectivity index (χ3v) is 3.23. The van der Waals surface area contributed by atoms with E-state index in [9.17, 15) is 9.90 Å².